The first kappa shape index (κ1) is 14.6. The van der Waals surface area contributed by atoms with Crippen LogP contribution in [0.2, 0.25) is 0 Å². The average molecular weight is 340 g/mol. The Morgan fingerprint density at radius 2 is 1.92 bits per heavy atom. The van der Waals surface area contributed by atoms with Crippen LogP contribution in [-0.4, -0.2) is 23.4 Å². The SMILES string of the molecule is O=S1(=O)c2ccccc2CN1c1ccnc(Oc2cccnc2)n1. The lowest BCUT2D eigenvalue weighted by Crippen LogP contribution is -2.24. The zero-order valence-corrected chi connectivity index (χ0v) is 13.2. The summed E-state index contributed by atoms with van der Waals surface area (Å²) in [4.78, 5) is 12.5. The van der Waals surface area contributed by atoms with Crippen LogP contribution in [0.25, 0.3) is 0 Å². The Kier molecular flexibility index (Phi) is 3.39. The second-order valence-corrected chi connectivity index (χ2v) is 6.94. The van der Waals surface area contributed by atoms with Gasteiger partial charge in [-0.2, -0.15) is 4.98 Å². The molecule has 0 aliphatic carbocycles. The van der Waals surface area contributed by atoms with E-state index in [2.05, 4.69) is 15.0 Å². The molecule has 0 fully saturated rings. The molecule has 7 nitrogen and oxygen atoms in total. The Morgan fingerprint density at radius 3 is 2.71 bits per heavy atom. The first-order chi connectivity index (χ1) is 11.6. The van der Waals surface area contributed by atoms with Crippen LogP contribution in [0.15, 0.2) is 66.0 Å². The molecule has 120 valence electrons. The highest BCUT2D eigenvalue weighted by atomic mass is 32.2. The summed E-state index contributed by atoms with van der Waals surface area (Å²) in [5, 5.41) is 0. The van der Waals surface area contributed by atoms with Crippen molar-refractivity contribution in [2.24, 2.45) is 0 Å². The smallest absolute Gasteiger partial charge is 0.323 e. The zero-order valence-electron chi connectivity index (χ0n) is 12.4. The lowest BCUT2D eigenvalue weighted by atomic mass is 10.2. The predicted molar refractivity (Wildman–Crippen MR) is 86.2 cm³/mol. The van der Waals surface area contributed by atoms with Gasteiger partial charge in [-0.05, 0) is 23.8 Å². The van der Waals surface area contributed by atoms with Crippen molar-refractivity contribution in [2.45, 2.75) is 11.4 Å². The largest absolute Gasteiger partial charge is 0.423 e. The van der Waals surface area contributed by atoms with Crippen LogP contribution in [0.3, 0.4) is 0 Å². The van der Waals surface area contributed by atoms with Crippen molar-refractivity contribution in [3.8, 4) is 11.8 Å². The van der Waals surface area contributed by atoms with Gasteiger partial charge in [0.25, 0.3) is 10.0 Å². The molecule has 24 heavy (non-hydrogen) atoms. The molecule has 0 atom stereocenters. The summed E-state index contributed by atoms with van der Waals surface area (Å²) >= 11 is 0. The third-order valence-corrected chi connectivity index (χ3v) is 5.42. The summed E-state index contributed by atoms with van der Waals surface area (Å²) in [5.41, 5.74) is 0.742. The van der Waals surface area contributed by atoms with Crippen LogP contribution < -0.4 is 9.04 Å². The third kappa shape index (κ3) is 2.46. The molecule has 2 aromatic heterocycles. The number of pyridine rings is 1. The number of rotatable bonds is 3. The fraction of sp³-hybridized carbons (Fsp3) is 0.0625. The van der Waals surface area contributed by atoms with E-state index in [0.29, 0.717) is 10.6 Å². The molecule has 1 aliphatic heterocycles. The average Bonchev–Trinajstić information content (AvgIpc) is 2.88. The molecule has 0 saturated carbocycles. The summed E-state index contributed by atoms with van der Waals surface area (Å²) in [5.74, 6) is 0.738. The number of aromatic nitrogens is 3. The summed E-state index contributed by atoms with van der Waals surface area (Å²) in [6.45, 7) is 0.238. The third-order valence-electron chi connectivity index (χ3n) is 3.57. The van der Waals surface area contributed by atoms with Crippen LogP contribution in [0.4, 0.5) is 5.82 Å². The molecule has 4 rings (SSSR count). The fourth-order valence-corrected chi connectivity index (χ4v) is 4.09. The Bertz CT molecular complexity index is 993. The van der Waals surface area contributed by atoms with E-state index >= 15 is 0 Å². The summed E-state index contributed by atoms with van der Waals surface area (Å²) < 4.78 is 32.1. The van der Waals surface area contributed by atoms with Crippen molar-refractivity contribution in [3.05, 3.63) is 66.6 Å². The van der Waals surface area contributed by atoms with Gasteiger partial charge < -0.3 is 4.74 Å². The molecular formula is C16H12N4O3S. The molecule has 3 aromatic rings. The van der Waals surface area contributed by atoms with Gasteiger partial charge in [-0.15, -0.1) is 0 Å². The van der Waals surface area contributed by atoms with Crippen molar-refractivity contribution >= 4 is 15.8 Å². The maximum atomic E-state index is 12.7. The highest BCUT2D eigenvalue weighted by Gasteiger charge is 2.35. The van der Waals surface area contributed by atoms with E-state index in [1.165, 1.54) is 16.7 Å². The van der Waals surface area contributed by atoms with Crippen LogP contribution in [0, 0.1) is 0 Å². The number of hydrogen-bond donors (Lipinski definition) is 0. The molecule has 0 radical (unpaired) electrons. The van der Waals surface area contributed by atoms with Crippen molar-refractivity contribution in [1.29, 1.82) is 0 Å². The number of sulfonamides is 1. The number of nitrogens with zero attached hydrogens (tertiary/aromatic N) is 4. The van der Waals surface area contributed by atoms with Gasteiger partial charge in [0.2, 0.25) is 0 Å². The van der Waals surface area contributed by atoms with Crippen molar-refractivity contribution in [1.82, 2.24) is 15.0 Å². The summed E-state index contributed by atoms with van der Waals surface area (Å²) in [6, 6.07) is 11.9. The Labute approximate surface area is 138 Å². The minimum atomic E-state index is -3.61. The summed E-state index contributed by atoms with van der Waals surface area (Å²) in [7, 11) is -3.61. The Balaban J connectivity index is 1.68. The normalized spacial score (nSPS) is 15.1. The number of benzene rings is 1. The topological polar surface area (TPSA) is 85.3 Å². The molecule has 1 aliphatic rings. The molecular weight excluding hydrogens is 328 g/mol. The van der Waals surface area contributed by atoms with Crippen molar-refractivity contribution < 1.29 is 13.2 Å². The van der Waals surface area contributed by atoms with E-state index in [-0.39, 0.29) is 18.4 Å². The van der Waals surface area contributed by atoms with Gasteiger partial charge in [-0.1, -0.05) is 18.2 Å². The highest BCUT2D eigenvalue weighted by Crippen LogP contribution is 2.33. The molecule has 0 N–H and O–H groups in total. The first-order valence-electron chi connectivity index (χ1n) is 7.16. The Hall–Kier alpha value is -3.00. The van der Waals surface area contributed by atoms with Gasteiger partial charge in [-0.25, -0.2) is 17.7 Å². The maximum Gasteiger partial charge on any atom is 0.323 e. The second-order valence-electron chi connectivity index (χ2n) is 5.11. The van der Waals surface area contributed by atoms with Gasteiger partial charge in [0, 0.05) is 18.5 Å². The highest BCUT2D eigenvalue weighted by molar-refractivity contribution is 7.93. The number of anilines is 1. The number of ether oxygens (including phenoxy) is 1. The molecule has 8 heteroatoms. The number of fused-ring (bicyclic) bond motifs is 1. The molecule has 0 bridgehead atoms. The molecule has 1 aromatic carbocycles. The minimum absolute atomic E-state index is 0.0617. The monoisotopic (exact) mass is 340 g/mol. The van der Waals surface area contributed by atoms with Crippen LogP contribution in [0.1, 0.15) is 5.56 Å². The van der Waals surface area contributed by atoms with Gasteiger partial charge in [0.1, 0.15) is 11.6 Å². The minimum Gasteiger partial charge on any atom is -0.423 e. The van der Waals surface area contributed by atoms with E-state index in [4.69, 9.17) is 4.74 Å². The maximum absolute atomic E-state index is 12.7. The molecule has 3 heterocycles. The van der Waals surface area contributed by atoms with Crippen LogP contribution in [0.5, 0.6) is 11.8 Å². The van der Waals surface area contributed by atoms with Crippen LogP contribution in [-0.2, 0) is 16.6 Å². The van der Waals surface area contributed by atoms with E-state index in [1.54, 1.807) is 42.6 Å². The van der Waals surface area contributed by atoms with E-state index in [1.807, 2.05) is 6.07 Å². The molecule has 0 amide bonds. The predicted octanol–water partition coefficient (Wildman–Crippen LogP) is 2.37. The van der Waals surface area contributed by atoms with E-state index < -0.39 is 10.0 Å². The van der Waals surface area contributed by atoms with Gasteiger partial charge in [0.15, 0.2) is 0 Å². The second kappa shape index (κ2) is 5.57. The lowest BCUT2D eigenvalue weighted by Gasteiger charge is -2.16. The molecule has 0 spiro atoms. The van der Waals surface area contributed by atoms with E-state index in [9.17, 15) is 8.42 Å². The van der Waals surface area contributed by atoms with Crippen LogP contribution >= 0.6 is 0 Å². The summed E-state index contributed by atoms with van der Waals surface area (Å²) in [6.07, 6.45) is 4.61. The van der Waals surface area contributed by atoms with Gasteiger partial charge in [-0.3, -0.25) is 4.98 Å². The lowest BCUT2D eigenvalue weighted by molar-refractivity contribution is 0.440. The first-order valence-corrected chi connectivity index (χ1v) is 8.60. The zero-order chi connectivity index (χ0) is 16.6. The van der Waals surface area contributed by atoms with Crippen molar-refractivity contribution in [2.75, 3.05) is 4.31 Å². The van der Waals surface area contributed by atoms with E-state index in [0.717, 1.165) is 5.56 Å². The Morgan fingerprint density at radius 1 is 1.04 bits per heavy atom. The fourth-order valence-electron chi connectivity index (χ4n) is 2.48. The number of hydrogen-bond acceptors (Lipinski definition) is 6. The quantitative estimate of drug-likeness (QED) is 0.728. The van der Waals surface area contributed by atoms with Crippen molar-refractivity contribution in [3.63, 3.8) is 0 Å². The molecule has 0 unspecified atom stereocenters. The van der Waals surface area contributed by atoms with Gasteiger partial charge in [0.05, 0.1) is 17.6 Å². The van der Waals surface area contributed by atoms with Gasteiger partial charge >= 0.3 is 6.01 Å². The molecule has 0 saturated heterocycles. The standard InChI is InChI=1S/C16H12N4O3S/c21-24(22)14-6-2-1-4-12(14)11-20(24)15-7-9-18-16(19-15)23-13-5-3-8-17-10-13/h1-10H,11H2.